The molecule has 2 saturated heterocycles. The Morgan fingerprint density at radius 2 is 1.00 bits per heavy atom. The molecule has 2 N–H and O–H groups in total. The van der Waals surface area contributed by atoms with Crippen molar-refractivity contribution in [1.29, 1.82) is 0 Å². The molecule has 0 bridgehead atoms. The first kappa shape index (κ1) is 26.9. The van der Waals surface area contributed by atoms with Gasteiger partial charge in [0.05, 0.1) is 0 Å². The van der Waals surface area contributed by atoms with Crippen molar-refractivity contribution in [1.82, 2.24) is 20.4 Å². The van der Waals surface area contributed by atoms with E-state index in [0.29, 0.717) is 37.6 Å². The molecule has 2 fully saturated rings. The number of likely N-dealkylation sites (N-methyl/N-ethyl adjacent to an activating group) is 2. The quantitative estimate of drug-likeness (QED) is 0.247. The van der Waals surface area contributed by atoms with Crippen LogP contribution in [0.5, 0.6) is 0 Å². The van der Waals surface area contributed by atoms with Crippen molar-refractivity contribution in [3.05, 3.63) is 22.5 Å². The summed E-state index contributed by atoms with van der Waals surface area (Å²) < 4.78 is 0. The zero-order valence-electron chi connectivity index (χ0n) is 19.7. The standard InChI is InChI=1S/C22H34N4O4.Ni/c1-9-25-19(29)15(17(27)21(25,5)6)13(3)23-11-12-24-14(4)16-18(28)22(7,8)26(10-2)20(16)30;/h23-24H,9-12H2,1-8H3;/b15-13-,16-14-;. The predicted molar refractivity (Wildman–Crippen MR) is 114 cm³/mol. The molecule has 2 aliphatic heterocycles. The molecule has 2 heterocycles. The molecule has 0 aromatic carbocycles. The Hall–Kier alpha value is -2.15. The van der Waals surface area contributed by atoms with Crippen molar-refractivity contribution in [2.24, 2.45) is 0 Å². The van der Waals surface area contributed by atoms with Crippen molar-refractivity contribution in [3.8, 4) is 0 Å². The second-order valence-electron chi connectivity index (χ2n) is 8.73. The minimum atomic E-state index is -0.843. The zero-order chi connectivity index (χ0) is 23.0. The maximum Gasteiger partial charge on any atom is 0.260 e. The van der Waals surface area contributed by atoms with Gasteiger partial charge in [0.2, 0.25) is 0 Å². The summed E-state index contributed by atoms with van der Waals surface area (Å²) in [5, 5.41) is 6.24. The smallest absolute Gasteiger partial charge is 0.260 e. The number of amides is 2. The van der Waals surface area contributed by atoms with Crippen molar-refractivity contribution >= 4 is 23.4 Å². The largest absolute Gasteiger partial charge is 0.386 e. The third-order valence-corrected chi connectivity index (χ3v) is 6.12. The molecule has 2 aliphatic rings. The molecular weight excluding hydrogens is 443 g/mol. The van der Waals surface area contributed by atoms with E-state index in [0.717, 1.165) is 0 Å². The van der Waals surface area contributed by atoms with E-state index in [2.05, 4.69) is 10.6 Å². The number of likely N-dealkylation sites (tertiary alicyclic amines) is 2. The summed E-state index contributed by atoms with van der Waals surface area (Å²) in [5.41, 5.74) is -0.230. The monoisotopic (exact) mass is 476 g/mol. The van der Waals surface area contributed by atoms with Crippen molar-refractivity contribution in [2.45, 2.75) is 66.5 Å². The van der Waals surface area contributed by atoms with Crippen LogP contribution in [0.25, 0.3) is 0 Å². The van der Waals surface area contributed by atoms with Crippen molar-refractivity contribution < 1.29 is 35.7 Å². The second-order valence-corrected chi connectivity index (χ2v) is 8.73. The number of carbonyl (C=O) groups excluding carboxylic acids is 4. The number of hydrogen-bond acceptors (Lipinski definition) is 6. The molecular formula is C22H34N4NiO4. The van der Waals surface area contributed by atoms with Gasteiger partial charge in [0.25, 0.3) is 11.8 Å². The van der Waals surface area contributed by atoms with Crippen LogP contribution >= 0.6 is 0 Å². The van der Waals surface area contributed by atoms with Gasteiger partial charge in [-0.15, -0.1) is 0 Å². The van der Waals surface area contributed by atoms with Gasteiger partial charge in [-0.05, 0) is 55.4 Å². The van der Waals surface area contributed by atoms with Gasteiger partial charge in [-0.25, -0.2) is 0 Å². The fraction of sp³-hybridized carbons (Fsp3) is 0.636. The van der Waals surface area contributed by atoms with E-state index in [1.54, 1.807) is 51.3 Å². The van der Waals surface area contributed by atoms with E-state index in [1.165, 1.54) is 0 Å². The van der Waals surface area contributed by atoms with Crippen LogP contribution in [0, 0.1) is 0 Å². The number of carbonyl (C=O) groups is 4. The van der Waals surface area contributed by atoms with E-state index in [1.807, 2.05) is 13.8 Å². The number of nitrogens with one attached hydrogen (secondary N) is 2. The number of allylic oxidation sites excluding steroid dienone is 2. The Morgan fingerprint density at radius 1 is 0.710 bits per heavy atom. The molecule has 0 atom stereocenters. The third kappa shape index (κ3) is 4.43. The molecule has 0 radical (unpaired) electrons. The van der Waals surface area contributed by atoms with Gasteiger partial charge < -0.3 is 20.4 Å². The van der Waals surface area contributed by atoms with E-state index >= 15 is 0 Å². The van der Waals surface area contributed by atoms with Crippen LogP contribution in [0.4, 0.5) is 0 Å². The maximum absolute atomic E-state index is 12.7. The van der Waals surface area contributed by atoms with Crippen molar-refractivity contribution in [2.75, 3.05) is 26.2 Å². The Balaban J connectivity index is 0.00000480. The number of rotatable bonds is 7. The molecule has 0 aromatic heterocycles. The van der Waals surface area contributed by atoms with E-state index in [-0.39, 0.29) is 51.0 Å². The predicted octanol–water partition coefficient (Wildman–Crippen LogP) is 1.13. The summed E-state index contributed by atoms with van der Waals surface area (Å²) in [4.78, 5) is 53.8. The first-order valence-electron chi connectivity index (χ1n) is 10.5. The molecule has 0 saturated carbocycles. The Labute approximate surface area is 194 Å². The first-order valence-corrected chi connectivity index (χ1v) is 10.5. The Bertz CT molecular complexity index is 788. The van der Waals surface area contributed by atoms with Gasteiger partial charge in [-0.2, -0.15) is 0 Å². The van der Waals surface area contributed by atoms with Gasteiger partial charge in [-0.3, -0.25) is 19.2 Å². The summed E-state index contributed by atoms with van der Waals surface area (Å²) >= 11 is 0. The number of nitrogens with zero attached hydrogens (tertiary/aromatic N) is 2. The van der Waals surface area contributed by atoms with Crippen LogP contribution in [0.2, 0.25) is 0 Å². The molecule has 2 amide bonds. The average Bonchev–Trinajstić information content (AvgIpc) is 2.93. The molecule has 9 heteroatoms. The zero-order valence-corrected chi connectivity index (χ0v) is 20.7. The molecule has 0 aromatic rings. The maximum atomic E-state index is 12.7. The number of Topliss-reactive ketones (excluding diaryl/α,β-unsaturated/α-hetero) is 2. The number of hydrogen-bond donors (Lipinski definition) is 2. The molecule has 2 rings (SSSR count). The summed E-state index contributed by atoms with van der Waals surface area (Å²) in [6.07, 6.45) is 0. The fourth-order valence-corrected chi connectivity index (χ4v) is 4.24. The topological polar surface area (TPSA) is 98.8 Å². The molecule has 0 unspecified atom stereocenters. The van der Waals surface area contributed by atoms with Gasteiger partial charge in [0, 0.05) is 54.1 Å². The van der Waals surface area contributed by atoms with E-state index in [4.69, 9.17) is 0 Å². The molecule has 0 aliphatic carbocycles. The summed E-state index contributed by atoms with van der Waals surface area (Å²) in [5.74, 6) is -0.884. The van der Waals surface area contributed by atoms with Crippen LogP contribution < -0.4 is 10.6 Å². The summed E-state index contributed by atoms with van der Waals surface area (Å²) in [6.45, 7) is 16.0. The molecule has 176 valence electrons. The van der Waals surface area contributed by atoms with Crippen LogP contribution in [-0.2, 0) is 35.7 Å². The first-order chi connectivity index (χ1) is 13.8. The van der Waals surface area contributed by atoms with Crippen LogP contribution in [-0.4, -0.2) is 70.4 Å². The normalized spacial score (nSPS) is 23.2. The average molecular weight is 477 g/mol. The molecule has 31 heavy (non-hydrogen) atoms. The van der Waals surface area contributed by atoms with E-state index < -0.39 is 11.1 Å². The number of ketones is 2. The van der Waals surface area contributed by atoms with Crippen LogP contribution in [0.15, 0.2) is 22.5 Å². The van der Waals surface area contributed by atoms with Crippen LogP contribution in [0.3, 0.4) is 0 Å². The molecule has 0 spiro atoms. The fourth-order valence-electron chi connectivity index (χ4n) is 4.24. The minimum Gasteiger partial charge on any atom is -0.386 e. The van der Waals surface area contributed by atoms with E-state index in [9.17, 15) is 19.2 Å². The Kier molecular flexibility index (Phi) is 8.29. The summed E-state index contributed by atoms with van der Waals surface area (Å²) in [6, 6.07) is 0. The Morgan fingerprint density at radius 3 is 1.23 bits per heavy atom. The SMILES string of the molecule is CCN1C(=O)/C(=C(/C)NCCN/C(C)=C2\C(=O)N(CC)C(C)(C)C2=O)C(=O)C1(C)C.[Ni]. The van der Waals surface area contributed by atoms with Crippen molar-refractivity contribution in [3.63, 3.8) is 0 Å². The van der Waals surface area contributed by atoms with Gasteiger partial charge >= 0.3 is 0 Å². The van der Waals surface area contributed by atoms with Crippen LogP contribution in [0.1, 0.15) is 55.4 Å². The summed E-state index contributed by atoms with van der Waals surface area (Å²) in [7, 11) is 0. The molecule has 8 nitrogen and oxygen atoms in total. The van der Waals surface area contributed by atoms with Gasteiger partial charge in [0.15, 0.2) is 11.6 Å². The minimum absolute atomic E-state index is 0. The van der Waals surface area contributed by atoms with Gasteiger partial charge in [-0.1, -0.05) is 0 Å². The second kappa shape index (κ2) is 9.55. The van der Waals surface area contributed by atoms with Gasteiger partial charge in [0.1, 0.15) is 22.2 Å². The third-order valence-electron chi connectivity index (χ3n) is 6.12.